The summed E-state index contributed by atoms with van der Waals surface area (Å²) < 4.78 is 0. The van der Waals surface area contributed by atoms with E-state index < -0.39 is 231 Å². The second kappa shape index (κ2) is 56.5. The summed E-state index contributed by atoms with van der Waals surface area (Å²) in [4.78, 5) is 252. The van der Waals surface area contributed by atoms with Gasteiger partial charge in [0.05, 0.1) is 31.2 Å². The fourth-order valence-electron chi connectivity index (χ4n) is 15.2. The third kappa shape index (κ3) is 39.1. The van der Waals surface area contributed by atoms with Crippen molar-refractivity contribution in [1.29, 1.82) is 0 Å². The number of aliphatic hydroxyl groups is 1. The number of carbonyl (C=O) groups is 18. The van der Waals surface area contributed by atoms with Crippen LogP contribution in [0, 0.1) is 23.7 Å². The second-order valence-corrected chi connectivity index (χ2v) is 35.2. The number of benzene rings is 1. The molecule has 3 heterocycles. The molecule has 3 aliphatic heterocycles. The summed E-state index contributed by atoms with van der Waals surface area (Å²) in [5.41, 5.74) is 12.6. The number of likely N-dealkylation sites (N-methyl/N-ethyl adjacent to an activating group) is 1. The van der Waals surface area contributed by atoms with Gasteiger partial charge < -0.3 is 89.1 Å². The topological polar surface area (TPSA) is 546 Å². The van der Waals surface area contributed by atoms with Gasteiger partial charge in [0.25, 0.3) is 0 Å². The molecule has 12 atom stereocenters. The van der Waals surface area contributed by atoms with Crippen molar-refractivity contribution in [2.24, 2.45) is 35.1 Å². The average molecular weight is 1760 g/mol. The molecule has 13 amide bonds. The number of unbranched alkanes of at least 4 members (excludes halogenated alkanes) is 14. The molecule has 1 aromatic rings. The number of primary amides is 2. The molecule has 35 nitrogen and oxygen atoms in total. The van der Waals surface area contributed by atoms with Crippen LogP contribution in [-0.4, -0.2) is 247 Å². The van der Waals surface area contributed by atoms with E-state index in [-0.39, 0.29) is 112 Å². The fourth-order valence-corrected chi connectivity index (χ4v) is 17.3. The van der Waals surface area contributed by atoms with Gasteiger partial charge in [-0.2, -0.15) is 23.5 Å². The van der Waals surface area contributed by atoms with Gasteiger partial charge in [-0.15, -0.1) is 0 Å². The lowest BCUT2D eigenvalue weighted by Crippen LogP contribution is -2.59. The molecule has 0 bridgehead atoms. The number of Topliss-reactive ketones (excluding diaryl/α,β-unsaturated/α-hetero) is 2. The van der Waals surface area contributed by atoms with Crippen molar-refractivity contribution in [3.05, 3.63) is 35.4 Å². The minimum Gasteiger partial charge on any atom is -0.481 e. The van der Waals surface area contributed by atoms with Gasteiger partial charge in [-0.25, -0.2) is 0 Å². The Morgan fingerprint density at radius 1 is 0.631 bits per heavy atom. The predicted octanol–water partition coefficient (Wildman–Crippen LogP) is 4.35. The maximum Gasteiger partial charge on any atom is 0.305 e. The Labute approximate surface area is 724 Å². The average Bonchev–Trinajstić information content (AvgIpc) is 1.67. The molecular formula is C85H135N13O22S2. The highest BCUT2D eigenvalue weighted by atomic mass is 32.2. The third-order valence-electron chi connectivity index (χ3n) is 22.0. The largest absolute Gasteiger partial charge is 0.481 e. The summed E-state index contributed by atoms with van der Waals surface area (Å²) >= 11 is 2.15. The van der Waals surface area contributed by atoms with Gasteiger partial charge in [0.15, 0.2) is 11.6 Å². The van der Waals surface area contributed by atoms with Crippen molar-refractivity contribution in [1.82, 2.24) is 57.2 Å². The molecule has 122 heavy (non-hydrogen) atoms. The molecule has 0 radical (unpaired) electrons. The Kier molecular flexibility index (Phi) is 48.7. The van der Waals surface area contributed by atoms with Gasteiger partial charge in [0.1, 0.15) is 42.3 Å². The minimum absolute atomic E-state index is 0.0145. The van der Waals surface area contributed by atoms with E-state index in [9.17, 15) is 97.1 Å². The summed E-state index contributed by atoms with van der Waals surface area (Å²) in [6.07, 6.45) is 11.0. The Morgan fingerprint density at radius 3 is 1.78 bits per heavy atom. The molecule has 1 aromatic carbocycles. The normalized spacial score (nSPS) is 21.2. The number of likely N-dealkylation sites (tertiary alicyclic amines) is 1. The number of aliphatic carboxylic acids is 3. The van der Waals surface area contributed by atoms with Crippen LogP contribution < -0.4 is 54.0 Å². The lowest BCUT2D eigenvalue weighted by molar-refractivity contribution is -0.146. The Hall–Kier alpha value is -9.26. The number of nitrogens with two attached hydrogens (primary N) is 2. The van der Waals surface area contributed by atoms with E-state index in [0.29, 0.717) is 24.0 Å². The Balaban J connectivity index is 1.74. The zero-order valence-corrected chi connectivity index (χ0v) is 73.8. The molecule has 16 N–H and O–H groups in total. The van der Waals surface area contributed by atoms with E-state index in [2.05, 4.69) is 49.5 Å². The van der Waals surface area contributed by atoms with Crippen molar-refractivity contribution in [3.8, 4) is 0 Å². The number of rotatable bonds is 45. The third-order valence-corrected chi connectivity index (χ3v) is 24.2. The number of fused-ring (bicyclic) bond motifs is 2. The number of aliphatic hydroxyl groups excluding tert-OH is 1. The zero-order valence-electron chi connectivity index (χ0n) is 72.1. The summed E-state index contributed by atoms with van der Waals surface area (Å²) in [6, 6.07) is -6.86. The monoisotopic (exact) mass is 1750 g/mol. The highest BCUT2D eigenvalue weighted by molar-refractivity contribution is 7.99. The summed E-state index contributed by atoms with van der Waals surface area (Å²) in [5.74, 6) is -21.5. The molecule has 37 heteroatoms. The zero-order chi connectivity index (χ0) is 90.5. The molecule has 0 unspecified atom stereocenters. The number of hydrogen-bond donors (Lipinski definition) is 14. The number of carboxylic acids is 3. The van der Waals surface area contributed by atoms with Gasteiger partial charge in [-0.1, -0.05) is 149 Å². The molecule has 4 rings (SSSR count). The molecule has 2 fully saturated rings. The lowest BCUT2D eigenvalue weighted by Gasteiger charge is -2.31. The van der Waals surface area contributed by atoms with E-state index in [0.717, 1.165) is 61.0 Å². The predicted molar refractivity (Wildman–Crippen MR) is 457 cm³/mol. The number of thioether (sulfide) groups is 2. The summed E-state index contributed by atoms with van der Waals surface area (Å²) in [5, 5.41) is 61.0. The van der Waals surface area contributed by atoms with Crippen LogP contribution in [0.3, 0.4) is 0 Å². The van der Waals surface area contributed by atoms with Crippen molar-refractivity contribution in [2.45, 2.75) is 319 Å². The van der Waals surface area contributed by atoms with E-state index in [1.165, 1.54) is 81.1 Å². The van der Waals surface area contributed by atoms with Gasteiger partial charge in [-0.3, -0.25) is 86.3 Å². The first-order valence-corrected chi connectivity index (χ1v) is 45.6. The molecule has 0 aromatic heterocycles. The molecule has 0 saturated carbocycles. The standard InChI is InChI=1S/C85H135N13O22S2/c1-8-9-10-11-12-13-14-15-16-17-18-19-20-21-22-31-70(103)88-39-38-72(105)96(7)66(43-53(4)5)68(101)45-55(32-35-69(86)102)78(113)93-62-50-121-48-57-27-23-24-28-58(57)49-122-51-63(82(117)91-60(42-52(2)3)84(119)98-41-26-30-65(98)77(87)112)94-80(115)59(34-37-74(108)109)90-71(104)47-89-83(118)76(54(6)99)95-79(114)56(33-36-73(106)107)44-67(100)64-29-25-40-97(64)85(120)61(46-75(110)111)92-81(62)116/h23-24,27-28,52-56,59-66,76,99H,8-22,25-26,29-51H2,1-7H3,(H2,86,102)(H2,87,112)(H,88,103)(H,89,118)(H,90,104)(H,91,117)(H,92,116)(H,93,113)(H,94,115)(H,95,114)(H,106,107)(H,108,109)(H,110,111)/t54-,55-,56-,59+,60+,61+,62+,63+,64+,65+,66+,76+/m1/s1. The van der Waals surface area contributed by atoms with Gasteiger partial charge in [-0.05, 0) is 94.1 Å². The second-order valence-electron chi connectivity index (χ2n) is 33.2. The number of carbonyl (C=O) groups excluding carboxylic acids is 15. The van der Waals surface area contributed by atoms with Crippen LogP contribution in [0.1, 0.15) is 258 Å². The maximum absolute atomic E-state index is 15.1. The Bertz CT molecular complexity index is 3680. The highest BCUT2D eigenvalue weighted by Crippen LogP contribution is 2.29. The van der Waals surface area contributed by atoms with Crippen LogP contribution in [0.25, 0.3) is 0 Å². The van der Waals surface area contributed by atoms with E-state index >= 15 is 9.59 Å². The summed E-state index contributed by atoms with van der Waals surface area (Å²) in [6.45, 7) is 9.46. The van der Waals surface area contributed by atoms with Crippen LogP contribution in [-0.2, 0) is 97.8 Å². The first-order chi connectivity index (χ1) is 57.9. The van der Waals surface area contributed by atoms with Crippen LogP contribution >= 0.6 is 23.5 Å². The Morgan fingerprint density at radius 2 is 1.21 bits per heavy atom. The number of nitrogens with zero attached hydrogens (tertiary/aromatic N) is 3. The van der Waals surface area contributed by atoms with Crippen molar-refractivity contribution in [3.63, 3.8) is 0 Å². The van der Waals surface area contributed by atoms with Crippen LogP contribution in [0.2, 0.25) is 0 Å². The number of nitrogens with one attached hydrogen (secondary N) is 8. The molecule has 0 spiro atoms. The van der Waals surface area contributed by atoms with Crippen molar-refractivity contribution in [2.75, 3.05) is 44.7 Å². The maximum atomic E-state index is 15.1. The van der Waals surface area contributed by atoms with E-state index in [1.807, 2.05) is 13.8 Å². The first kappa shape index (κ1) is 105. The molecular weight excluding hydrogens is 1620 g/mol. The smallest absolute Gasteiger partial charge is 0.305 e. The SMILES string of the molecule is CCCCCCCCCCCCCCCCCC(=O)NCCC(=O)N(C)[C@@H](CC(C)C)C(=O)C[C@@H](CCC(N)=O)C(=O)N[C@H]1CSCc2ccccc2CSC[C@@H](C(=O)N[C@@H](CC(C)C)C(=O)N2CCC[C@H]2C(N)=O)NC(=O)[C@H](CCC(=O)O)NC(=O)CNC(=O)[C@H]([C@@H](C)O)NC(=O)[C@H](CCC(=O)O)CC(=O)[C@@H]2CCCN2C(=O)[C@H](CC(=O)O)NC1=O. The van der Waals surface area contributed by atoms with E-state index in [4.69, 9.17) is 11.5 Å². The van der Waals surface area contributed by atoms with Gasteiger partial charge in [0.2, 0.25) is 76.8 Å². The first-order valence-electron chi connectivity index (χ1n) is 43.3. The number of ketones is 2. The molecule has 3 aliphatic rings. The number of carboxylic acid groups (broad SMARTS) is 3. The number of amides is 13. The van der Waals surface area contributed by atoms with Gasteiger partial charge >= 0.3 is 17.9 Å². The molecule has 2 saturated heterocycles. The highest BCUT2D eigenvalue weighted by Gasteiger charge is 2.43. The van der Waals surface area contributed by atoms with E-state index in [1.54, 1.807) is 38.1 Å². The molecule has 0 aliphatic carbocycles. The lowest BCUT2D eigenvalue weighted by atomic mass is 9.89. The fraction of sp³-hybridized carbons (Fsp3) is 0.718. The summed E-state index contributed by atoms with van der Waals surface area (Å²) in [7, 11) is 1.43. The van der Waals surface area contributed by atoms with Crippen LogP contribution in [0.5, 0.6) is 0 Å². The van der Waals surface area contributed by atoms with Gasteiger partial charge in [0, 0.05) is 106 Å². The quantitative estimate of drug-likeness (QED) is 0.0404. The van der Waals surface area contributed by atoms with Crippen LogP contribution in [0.15, 0.2) is 24.3 Å². The minimum atomic E-state index is -1.97. The molecule has 684 valence electrons. The van der Waals surface area contributed by atoms with Crippen molar-refractivity contribution < 1.29 is 107 Å². The van der Waals surface area contributed by atoms with Crippen molar-refractivity contribution >= 4 is 130 Å². The van der Waals surface area contributed by atoms with Crippen LogP contribution in [0.4, 0.5) is 0 Å². The number of hydrogen-bond acceptors (Lipinski definition) is 21.